The van der Waals surface area contributed by atoms with E-state index in [1.54, 1.807) is 0 Å². The predicted molar refractivity (Wildman–Crippen MR) is 63.2 cm³/mol. The van der Waals surface area contributed by atoms with Crippen LogP contribution in [0.5, 0.6) is 0 Å². The van der Waals surface area contributed by atoms with Gasteiger partial charge in [0, 0.05) is 19.1 Å². The van der Waals surface area contributed by atoms with Gasteiger partial charge in [0.05, 0.1) is 0 Å². The summed E-state index contributed by atoms with van der Waals surface area (Å²) < 4.78 is 0. The number of thioether (sulfide) groups is 1. The van der Waals surface area contributed by atoms with E-state index in [4.69, 9.17) is 0 Å². The van der Waals surface area contributed by atoms with Crippen molar-refractivity contribution in [3.8, 4) is 0 Å². The molecule has 1 aromatic heterocycles. The molecule has 0 aliphatic carbocycles. The predicted octanol–water partition coefficient (Wildman–Crippen LogP) is 1.00. The van der Waals surface area contributed by atoms with E-state index in [1.165, 1.54) is 31.2 Å². The highest BCUT2D eigenvalue weighted by Crippen LogP contribution is 2.08. The zero-order chi connectivity index (χ0) is 11.1. The second kappa shape index (κ2) is 6.58. The van der Waals surface area contributed by atoms with Gasteiger partial charge in [0.25, 0.3) is 0 Å². The minimum Gasteiger partial charge on any atom is -0.352 e. The Hall–Kier alpha value is -0.880. The lowest BCUT2D eigenvalue weighted by Crippen LogP contribution is -2.12. The molecule has 0 aromatic carbocycles. The van der Waals surface area contributed by atoms with Crippen molar-refractivity contribution in [3.63, 3.8) is 0 Å². The van der Waals surface area contributed by atoms with Gasteiger partial charge in [0.2, 0.25) is 5.95 Å². The van der Waals surface area contributed by atoms with E-state index >= 15 is 0 Å². The van der Waals surface area contributed by atoms with Gasteiger partial charge in [0.15, 0.2) is 5.16 Å². The molecular weight excluding hydrogens is 210 g/mol. The monoisotopic (exact) mass is 227 g/mol. The Morgan fingerprint density at radius 2 is 2.07 bits per heavy atom. The van der Waals surface area contributed by atoms with E-state index in [0.29, 0.717) is 12.0 Å². The second-order valence-corrected chi connectivity index (χ2v) is 4.12. The SMILES string of the molecule is C1CN1.CSc1ncnc(NC(C)C)n1. The van der Waals surface area contributed by atoms with Crippen molar-refractivity contribution < 1.29 is 0 Å². The van der Waals surface area contributed by atoms with Gasteiger partial charge in [-0.1, -0.05) is 11.8 Å². The van der Waals surface area contributed by atoms with Crippen LogP contribution in [0.25, 0.3) is 0 Å². The fourth-order valence-electron chi connectivity index (χ4n) is 0.707. The van der Waals surface area contributed by atoms with Crippen LogP contribution in [0.3, 0.4) is 0 Å². The third-order valence-electron chi connectivity index (χ3n) is 1.40. The highest BCUT2D eigenvalue weighted by Gasteiger charge is 1.99. The standard InChI is InChI=1S/C7H12N4S.C2H5N/c1-5(2)10-6-8-4-9-7(11-6)12-3;1-2-3-1/h4-5H,1-3H3,(H,8,9,10,11);3H,1-2H2. The molecule has 2 N–H and O–H groups in total. The first kappa shape index (κ1) is 12.2. The van der Waals surface area contributed by atoms with Crippen LogP contribution in [0.15, 0.2) is 11.5 Å². The van der Waals surface area contributed by atoms with Crippen molar-refractivity contribution in [1.82, 2.24) is 20.3 Å². The van der Waals surface area contributed by atoms with Gasteiger partial charge in [-0.2, -0.15) is 4.98 Å². The minimum atomic E-state index is 0.349. The largest absolute Gasteiger partial charge is 0.352 e. The number of rotatable bonds is 3. The van der Waals surface area contributed by atoms with Gasteiger partial charge >= 0.3 is 0 Å². The van der Waals surface area contributed by atoms with Crippen LogP contribution in [0.2, 0.25) is 0 Å². The van der Waals surface area contributed by atoms with Crippen LogP contribution in [0, 0.1) is 0 Å². The number of aromatic nitrogens is 3. The van der Waals surface area contributed by atoms with Crippen molar-refractivity contribution in [2.24, 2.45) is 0 Å². The molecule has 0 bridgehead atoms. The molecule has 0 atom stereocenters. The van der Waals surface area contributed by atoms with E-state index in [1.807, 2.05) is 20.1 Å². The van der Waals surface area contributed by atoms with Crippen molar-refractivity contribution in [2.45, 2.75) is 25.0 Å². The number of nitrogens with zero attached hydrogens (tertiary/aromatic N) is 3. The Morgan fingerprint density at radius 1 is 1.40 bits per heavy atom. The number of hydrogen-bond acceptors (Lipinski definition) is 6. The molecule has 5 nitrogen and oxygen atoms in total. The number of nitrogens with one attached hydrogen (secondary N) is 2. The molecule has 84 valence electrons. The van der Waals surface area contributed by atoms with Crippen molar-refractivity contribution in [2.75, 3.05) is 24.7 Å². The molecule has 6 heteroatoms. The summed E-state index contributed by atoms with van der Waals surface area (Å²) in [6.45, 7) is 6.59. The fourth-order valence-corrected chi connectivity index (χ4v) is 1.04. The first-order valence-electron chi connectivity index (χ1n) is 4.92. The van der Waals surface area contributed by atoms with Gasteiger partial charge in [-0.15, -0.1) is 0 Å². The summed E-state index contributed by atoms with van der Waals surface area (Å²) in [4.78, 5) is 12.1. The van der Waals surface area contributed by atoms with Crippen LogP contribution < -0.4 is 10.6 Å². The van der Waals surface area contributed by atoms with E-state index in [9.17, 15) is 0 Å². The molecule has 1 aliphatic rings. The molecule has 0 unspecified atom stereocenters. The average Bonchev–Trinajstić information content (AvgIpc) is 3.04. The van der Waals surface area contributed by atoms with E-state index in [-0.39, 0.29) is 0 Å². The highest BCUT2D eigenvalue weighted by atomic mass is 32.2. The average molecular weight is 227 g/mol. The summed E-state index contributed by atoms with van der Waals surface area (Å²) in [7, 11) is 0. The maximum absolute atomic E-state index is 4.16. The van der Waals surface area contributed by atoms with Gasteiger partial charge < -0.3 is 10.6 Å². The maximum Gasteiger partial charge on any atom is 0.226 e. The molecule has 0 amide bonds. The molecule has 0 radical (unpaired) electrons. The Bertz CT molecular complexity index is 287. The van der Waals surface area contributed by atoms with Gasteiger partial charge in [0.1, 0.15) is 6.33 Å². The van der Waals surface area contributed by atoms with Gasteiger partial charge in [-0.05, 0) is 20.1 Å². The number of hydrogen-bond donors (Lipinski definition) is 2. The van der Waals surface area contributed by atoms with Crippen LogP contribution >= 0.6 is 11.8 Å². The Balaban J connectivity index is 0.000000319. The smallest absolute Gasteiger partial charge is 0.226 e. The van der Waals surface area contributed by atoms with Crippen LogP contribution in [0.1, 0.15) is 13.8 Å². The lowest BCUT2D eigenvalue weighted by molar-refractivity contribution is 0.835. The summed E-state index contributed by atoms with van der Waals surface area (Å²) in [5.74, 6) is 0.643. The van der Waals surface area contributed by atoms with Crippen molar-refractivity contribution >= 4 is 17.7 Å². The third kappa shape index (κ3) is 6.24. The number of anilines is 1. The molecular formula is C9H17N5S. The summed E-state index contributed by atoms with van der Waals surface area (Å²) in [6, 6.07) is 0.349. The summed E-state index contributed by atoms with van der Waals surface area (Å²) >= 11 is 1.51. The molecule has 0 spiro atoms. The fraction of sp³-hybridized carbons (Fsp3) is 0.667. The summed E-state index contributed by atoms with van der Waals surface area (Å²) in [5.41, 5.74) is 0. The minimum absolute atomic E-state index is 0.349. The van der Waals surface area contributed by atoms with Crippen molar-refractivity contribution in [1.29, 1.82) is 0 Å². The van der Waals surface area contributed by atoms with E-state index in [0.717, 1.165) is 5.16 Å². The zero-order valence-electron chi connectivity index (χ0n) is 9.32. The van der Waals surface area contributed by atoms with E-state index in [2.05, 4.69) is 25.6 Å². The molecule has 2 rings (SSSR count). The molecule has 1 aliphatic heterocycles. The van der Waals surface area contributed by atoms with Crippen molar-refractivity contribution in [3.05, 3.63) is 6.33 Å². The maximum atomic E-state index is 4.16. The summed E-state index contributed by atoms with van der Waals surface area (Å²) in [6.07, 6.45) is 3.46. The highest BCUT2D eigenvalue weighted by molar-refractivity contribution is 7.98. The molecule has 0 saturated carbocycles. The van der Waals surface area contributed by atoms with Gasteiger partial charge in [-0.3, -0.25) is 0 Å². The van der Waals surface area contributed by atoms with Crippen LogP contribution in [-0.4, -0.2) is 40.3 Å². The second-order valence-electron chi connectivity index (χ2n) is 3.34. The first-order chi connectivity index (χ1) is 7.22. The van der Waals surface area contributed by atoms with Crippen LogP contribution in [-0.2, 0) is 0 Å². The molecule has 1 saturated heterocycles. The molecule has 2 heterocycles. The van der Waals surface area contributed by atoms with Gasteiger partial charge in [-0.25, -0.2) is 9.97 Å². The Kier molecular flexibility index (Phi) is 5.34. The third-order valence-corrected chi connectivity index (χ3v) is 1.96. The molecule has 1 fully saturated rings. The van der Waals surface area contributed by atoms with E-state index < -0.39 is 0 Å². The first-order valence-corrected chi connectivity index (χ1v) is 6.15. The normalized spacial score (nSPS) is 13.1. The summed E-state index contributed by atoms with van der Waals surface area (Å²) in [5, 5.41) is 6.85. The topological polar surface area (TPSA) is 72.6 Å². The lowest BCUT2D eigenvalue weighted by Gasteiger charge is -2.06. The Morgan fingerprint density at radius 3 is 2.53 bits per heavy atom. The molecule has 15 heavy (non-hydrogen) atoms. The zero-order valence-corrected chi connectivity index (χ0v) is 10.1. The Labute approximate surface area is 94.5 Å². The quantitative estimate of drug-likeness (QED) is 0.593. The lowest BCUT2D eigenvalue weighted by atomic mass is 10.4. The van der Waals surface area contributed by atoms with Crippen LogP contribution in [0.4, 0.5) is 5.95 Å². The molecule has 1 aromatic rings.